The standard InChI is InChI=1S/C22H32ClN3O3/c1-15-4-7-22(15,2)25-20(27)14-26-8-5-16(6-9-26)13-24-21(28)17-10-18(23)12-19(11-17)29-3/h10-12,15-16H,4-9,13-14H2,1-3H3,(H,24,28)(H,25,27). The highest BCUT2D eigenvalue weighted by Gasteiger charge is 2.40. The second-order valence-corrected chi connectivity index (χ2v) is 9.15. The third-order valence-corrected chi connectivity index (χ3v) is 6.82. The van der Waals surface area contributed by atoms with Gasteiger partial charge in [-0.15, -0.1) is 0 Å². The first-order valence-electron chi connectivity index (χ1n) is 10.5. The van der Waals surface area contributed by atoms with Gasteiger partial charge in [-0.05, 0) is 75.7 Å². The van der Waals surface area contributed by atoms with Crippen molar-refractivity contribution in [2.24, 2.45) is 11.8 Å². The molecular formula is C22H32ClN3O3. The lowest BCUT2D eigenvalue weighted by atomic mass is 9.69. The van der Waals surface area contributed by atoms with E-state index in [0.717, 1.165) is 32.4 Å². The summed E-state index contributed by atoms with van der Waals surface area (Å²) < 4.78 is 5.17. The van der Waals surface area contributed by atoms with Crippen molar-refractivity contribution in [3.05, 3.63) is 28.8 Å². The van der Waals surface area contributed by atoms with Gasteiger partial charge in [-0.2, -0.15) is 0 Å². The van der Waals surface area contributed by atoms with Gasteiger partial charge >= 0.3 is 0 Å². The average Bonchev–Trinajstić information content (AvgIpc) is 2.71. The van der Waals surface area contributed by atoms with Crippen LogP contribution in [0.4, 0.5) is 0 Å². The van der Waals surface area contributed by atoms with Gasteiger partial charge in [-0.3, -0.25) is 14.5 Å². The highest BCUT2D eigenvalue weighted by atomic mass is 35.5. The van der Waals surface area contributed by atoms with E-state index in [1.54, 1.807) is 25.3 Å². The number of piperidine rings is 1. The molecule has 1 saturated carbocycles. The molecule has 0 bridgehead atoms. The lowest BCUT2D eigenvalue weighted by Gasteiger charge is -2.46. The number of methoxy groups -OCH3 is 1. The smallest absolute Gasteiger partial charge is 0.251 e. The van der Waals surface area contributed by atoms with E-state index >= 15 is 0 Å². The number of likely N-dealkylation sites (tertiary alicyclic amines) is 1. The van der Waals surface area contributed by atoms with Gasteiger partial charge in [-0.1, -0.05) is 18.5 Å². The molecule has 0 spiro atoms. The number of nitrogens with zero attached hydrogens (tertiary/aromatic N) is 1. The summed E-state index contributed by atoms with van der Waals surface area (Å²) in [5.41, 5.74) is 0.477. The van der Waals surface area contributed by atoms with Gasteiger partial charge in [0.25, 0.3) is 5.91 Å². The Morgan fingerprint density at radius 2 is 1.97 bits per heavy atom. The molecule has 29 heavy (non-hydrogen) atoms. The zero-order chi connectivity index (χ0) is 21.0. The van der Waals surface area contributed by atoms with Crippen LogP contribution >= 0.6 is 11.6 Å². The molecule has 0 radical (unpaired) electrons. The molecular weight excluding hydrogens is 390 g/mol. The lowest BCUT2D eigenvalue weighted by molar-refractivity contribution is -0.126. The highest BCUT2D eigenvalue weighted by Crippen LogP contribution is 2.37. The Morgan fingerprint density at radius 3 is 2.55 bits per heavy atom. The van der Waals surface area contributed by atoms with Gasteiger partial charge in [0.05, 0.1) is 13.7 Å². The normalized spacial score (nSPS) is 25.2. The summed E-state index contributed by atoms with van der Waals surface area (Å²) >= 11 is 6.04. The van der Waals surface area contributed by atoms with E-state index in [-0.39, 0.29) is 17.4 Å². The van der Waals surface area contributed by atoms with Crippen LogP contribution in [0.3, 0.4) is 0 Å². The van der Waals surface area contributed by atoms with E-state index in [1.165, 1.54) is 6.42 Å². The van der Waals surface area contributed by atoms with Crippen molar-refractivity contribution in [2.75, 3.05) is 33.3 Å². The molecule has 1 saturated heterocycles. The second-order valence-electron chi connectivity index (χ2n) is 8.71. The Balaban J connectivity index is 1.39. The van der Waals surface area contributed by atoms with E-state index in [4.69, 9.17) is 16.3 Å². The topological polar surface area (TPSA) is 70.7 Å². The Hall–Kier alpha value is -1.79. The van der Waals surface area contributed by atoms with Crippen molar-refractivity contribution in [1.82, 2.24) is 15.5 Å². The third-order valence-electron chi connectivity index (χ3n) is 6.60. The molecule has 1 aromatic carbocycles. The number of hydrogen-bond donors (Lipinski definition) is 2. The number of rotatable bonds is 7. The van der Waals surface area contributed by atoms with E-state index in [1.807, 2.05) is 0 Å². The molecule has 2 N–H and O–H groups in total. The molecule has 2 amide bonds. The first-order valence-corrected chi connectivity index (χ1v) is 10.8. The predicted octanol–water partition coefficient (Wildman–Crippen LogP) is 3.10. The fraction of sp³-hybridized carbons (Fsp3) is 0.636. The molecule has 2 aliphatic rings. The predicted molar refractivity (Wildman–Crippen MR) is 114 cm³/mol. The average molecular weight is 422 g/mol. The van der Waals surface area contributed by atoms with Crippen LogP contribution in [-0.4, -0.2) is 55.5 Å². The molecule has 1 aliphatic carbocycles. The van der Waals surface area contributed by atoms with Crippen LogP contribution in [0.1, 0.15) is 49.9 Å². The molecule has 1 aromatic rings. The maximum atomic E-state index is 12.4. The molecule has 0 aromatic heterocycles. The second kappa shape index (κ2) is 9.35. The number of ether oxygens (including phenoxy) is 1. The zero-order valence-electron chi connectivity index (χ0n) is 17.6. The minimum atomic E-state index is -0.143. The van der Waals surface area contributed by atoms with E-state index < -0.39 is 0 Å². The number of hydrogen-bond acceptors (Lipinski definition) is 4. The maximum absolute atomic E-state index is 12.4. The summed E-state index contributed by atoms with van der Waals surface area (Å²) in [5.74, 6) is 1.53. The Morgan fingerprint density at radius 1 is 1.24 bits per heavy atom. The van der Waals surface area contributed by atoms with Crippen molar-refractivity contribution in [1.29, 1.82) is 0 Å². The van der Waals surface area contributed by atoms with E-state index in [0.29, 0.717) is 41.3 Å². The van der Waals surface area contributed by atoms with Crippen LogP contribution in [0.5, 0.6) is 5.75 Å². The molecule has 3 rings (SSSR count). The molecule has 2 atom stereocenters. The van der Waals surface area contributed by atoms with Gasteiger partial charge in [-0.25, -0.2) is 0 Å². The molecule has 7 heteroatoms. The molecule has 1 heterocycles. The Kier molecular flexibility index (Phi) is 7.06. The number of carbonyl (C=O) groups excluding carboxylic acids is 2. The third kappa shape index (κ3) is 5.64. The van der Waals surface area contributed by atoms with Gasteiger partial charge in [0, 0.05) is 22.7 Å². The van der Waals surface area contributed by atoms with Crippen LogP contribution in [0, 0.1) is 11.8 Å². The van der Waals surface area contributed by atoms with Crippen LogP contribution in [0.15, 0.2) is 18.2 Å². The largest absolute Gasteiger partial charge is 0.497 e. The number of amides is 2. The number of benzene rings is 1. The fourth-order valence-corrected chi connectivity index (χ4v) is 4.34. The lowest BCUT2D eigenvalue weighted by Crippen LogP contribution is -2.58. The van der Waals surface area contributed by atoms with Gasteiger partial charge in [0.15, 0.2) is 0 Å². The Bertz CT molecular complexity index is 749. The minimum absolute atomic E-state index is 0.0251. The molecule has 160 valence electrons. The first-order chi connectivity index (χ1) is 13.8. The first kappa shape index (κ1) is 21.9. The van der Waals surface area contributed by atoms with Crippen molar-refractivity contribution < 1.29 is 14.3 Å². The zero-order valence-corrected chi connectivity index (χ0v) is 18.3. The van der Waals surface area contributed by atoms with Gasteiger partial charge < -0.3 is 15.4 Å². The quantitative estimate of drug-likeness (QED) is 0.709. The fourth-order valence-electron chi connectivity index (χ4n) is 4.11. The molecule has 2 unspecified atom stereocenters. The minimum Gasteiger partial charge on any atom is -0.497 e. The molecule has 2 fully saturated rings. The maximum Gasteiger partial charge on any atom is 0.251 e. The molecule has 6 nitrogen and oxygen atoms in total. The summed E-state index contributed by atoms with van der Waals surface area (Å²) in [6.45, 7) is 7.19. The summed E-state index contributed by atoms with van der Waals surface area (Å²) in [7, 11) is 1.55. The summed E-state index contributed by atoms with van der Waals surface area (Å²) in [6, 6.07) is 5.01. The summed E-state index contributed by atoms with van der Waals surface area (Å²) in [5, 5.41) is 6.70. The number of halogens is 1. The monoisotopic (exact) mass is 421 g/mol. The number of carbonyl (C=O) groups is 2. The van der Waals surface area contributed by atoms with Crippen molar-refractivity contribution in [3.63, 3.8) is 0 Å². The van der Waals surface area contributed by atoms with E-state index in [9.17, 15) is 9.59 Å². The molecule has 1 aliphatic heterocycles. The van der Waals surface area contributed by atoms with Crippen LogP contribution < -0.4 is 15.4 Å². The summed E-state index contributed by atoms with van der Waals surface area (Å²) in [4.78, 5) is 27.0. The van der Waals surface area contributed by atoms with Crippen LogP contribution in [0.2, 0.25) is 5.02 Å². The van der Waals surface area contributed by atoms with Crippen LogP contribution in [0.25, 0.3) is 0 Å². The van der Waals surface area contributed by atoms with Gasteiger partial charge in [0.1, 0.15) is 5.75 Å². The van der Waals surface area contributed by atoms with Crippen LogP contribution in [-0.2, 0) is 4.79 Å². The highest BCUT2D eigenvalue weighted by molar-refractivity contribution is 6.31. The van der Waals surface area contributed by atoms with Crippen molar-refractivity contribution >= 4 is 23.4 Å². The van der Waals surface area contributed by atoms with Gasteiger partial charge in [0.2, 0.25) is 5.91 Å². The Labute approximate surface area is 178 Å². The summed E-state index contributed by atoms with van der Waals surface area (Å²) in [6.07, 6.45) is 4.20. The number of nitrogens with one attached hydrogen (secondary N) is 2. The van der Waals surface area contributed by atoms with Crippen molar-refractivity contribution in [3.8, 4) is 5.75 Å². The van der Waals surface area contributed by atoms with E-state index in [2.05, 4.69) is 29.4 Å². The van der Waals surface area contributed by atoms with Crippen molar-refractivity contribution in [2.45, 2.75) is 45.1 Å². The SMILES string of the molecule is COc1cc(Cl)cc(C(=O)NCC2CCN(CC(=O)NC3(C)CCC3C)CC2)c1.